The Bertz CT molecular complexity index is 770. The molecule has 0 aliphatic heterocycles. The largest absolute Gasteiger partial charge is 0.478 e. The number of carbonyl (C=O) groups is 1. The van der Waals surface area contributed by atoms with Crippen LogP contribution in [0.15, 0.2) is 42.9 Å². The van der Waals surface area contributed by atoms with E-state index in [-0.39, 0.29) is 0 Å². The molecule has 0 radical (unpaired) electrons. The van der Waals surface area contributed by atoms with Gasteiger partial charge in [-0.05, 0) is 30.5 Å². The Kier molecular flexibility index (Phi) is 3.02. The summed E-state index contributed by atoms with van der Waals surface area (Å²) >= 11 is 0. The van der Waals surface area contributed by atoms with Crippen molar-refractivity contribution in [3.63, 3.8) is 0 Å². The molecular formula is C15H15N3O2. The average Bonchev–Trinajstić information content (AvgIpc) is 3.05. The van der Waals surface area contributed by atoms with E-state index in [1.54, 1.807) is 18.3 Å². The van der Waals surface area contributed by atoms with Crippen LogP contribution in [0.1, 0.15) is 23.1 Å². The number of hydrogen-bond acceptors (Lipinski definition) is 2. The SMILES string of the molecule is CCn1ccnc1Cn1ccc2ccc(C(=O)O)cc21. The summed E-state index contributed by atoms with van der Waals surface area (Å²) in [5, 5.41) is 10.1. The van der Waals surface area contributed by atoms with Crippen LogP contribution < -0.4 is 0 Å². The van der Waals surface area contributed by atoms with Crippen LogP contribution in [0.2, 0.25) is 0 Å². The van der Waals surface area contributed by atoms with E-state index in [1.165, 1.54) is 0 Å². The van der Waals surface area contributed by atoms with E-state index in [4.69, 9.17) is 5.11 Å². The Hall–Kier alpha value is -2.56. The lowest BCUT2D eigenvalue weighted by atomic mass is 10.1. The van der Waals surface area contributed by atoms with Gasteiger partial charge in [-0.3, -0.25) is 0 Å². The van der Waals surface area contributed by atoms with Crippen LogP contribution in [-0.4, -0.2) is 25.2 Å². The Morgan fingerprint density at radius 2 is 2.10 bits per heavy atom. The molecule has 2 heterocycles. The number of aromatic nitrogens is 3. The second-order valence-electron chi connectivity index (χ2n) is 4.65. The van der Waals surface area contributed by atoms with Crippen molar-refractivity contribution in [1.82, 2.24) is 14.1 Å². The van der Waals surface area contributed by atoms with Crippen molar-refractivity contribution in [3.8, 4) is 0 Å². The lowest BCUT2D eigenvalue weighted by Crippen LogP contribution is -2.07. The molecule has 102 valence electrons. The van der Waals surface area contributed by atoms with E-state index >= 15 is 0 Å². The van der Waals surface area contributed by atoms with Crippen LogP contribution in [-0.2, 0) is 13.1 Å². The zero-order valence-corrected chi connectivity index (χ0v) is 11.2. The van der Waals surface area contributed by atoms with Crippen molar-refractivity contribution < 1.29 is 9.90 Å². The van der Waals surface area contributed by atoms with Crippen LogP contribution in [0, 0.1) is 0 Å². The minimum absolute atomic E-state index is 0.302. The number of nitrogens with zero attached hydrogens (tertiary/aromatic N) is 3. The number of fused-ring (bicyclic) bond motifs is 1. The fourth-order valence-electron chi connectivity index (χ4n) is 2.39. The number of aromatic carboxylic acids is 1. The first-order chi connectivity index (χ1) is 9.69. The van der Waals surface area contributed by atoms with Gasteiger partial charge < -0.3 is 14.2 Å². The smallest absolute Gasteiger partial charge is 0.335 e. The van der Waals surface area contributed by atoms with Gasteiger partial charge in [0, 0.05) is 30.7 Å². The van der Waals surface area contributed by atoms with Gasteiger partial charge in [-0.1, -0.05) is 6.07 Å². The first kappa shape index (κ1) is 12.5. The fraction of sp³-hybridized carbons (Fsp3) is 0.200. The summed E-state index contributed by atoms with van der Waals surface area (Å²) in [6, 6.07) is 7.15. The molecule has 5 heteroatoms. The monoisotopic (exact) mass is 269 g/mol. The number of benzene rings is 1. The average molecular weight is 269 g/mol. The molecular weight excluding hydrogens is 254 g/mol. The molecule has 20 heavy (non-hydrogen) atoms. The highest BCUT2D eigenvalue weighted by molar-refractivity contribution is 5.93. The maximum Gasteiger partial charge on any atom is 0.335 e. The van der Waals surface area contributed by atoms with E-state index < -0.39 is 5.97 Å². The molecule has 2 aromatic heterocycles. The molecule has 0 aliphatic carbocycles. The molecule has 0 bridgehead atoms. The zero-order chi connectivity index (χ0) is 14.1. The van der Waals surface area contributed by atoms with E-state index in [0.29, 0.717) is 12.1 Å². The van der Waals surface area contributed by atoms with Gasteiger partial charge >= 0.3 is 5.97 Å². The first-order valence-electron chi connectivity index (χ1n) is 6.51. The predicted octanol–water partition coefficient (Wildman–Crippen LogP) is 2.60. The summed E-state index contributed by atoms with van der Waals surface area (Å²) in [5.41, 5.74) is 1.21. The third-order valence-corrected chi connectivity index (χ3v) is 3.48. The van der Waals surface area contributed by atoms with Crippen LogP contribution in [0.5, 0.6) is 0 Å². The minimum Gasteiger partial charge on any atom is -0.478 e. The summed E-state index contributed by atoms with van der Waals surface area (Å²) in [6.45, 7) is 3.57. The number of imidazole rings is 1. The second kappa shape index (κ2) is 4.85. The van der Waals surface area contributed by atoms with Crippen molar-refractivity contribution >= 4 is 16.9 Å². The Labute approximate surface area is 116 Å². The van der Waals surface area contributed by atoms with Crippen LogP contribution in [0.4, 0.5) is 0 Å². The summed E-state index contributed by atoms with van der Waals surface area (Å²) in [4.78, 5) is 15.4. The Morgan fingerprint density at radius 1 is 1.25 bits per heavy atom. The molecule has 0 amide bonds. The molecule has 1 N–H and O–H groups in total. The highest BCUT2D eigenvalue weighted by Crippen LogP contribution is 2.19. The Morgan fingerprint density at radius 3 is 2.85 bits per heavy atom. The highest BCUT2D eigenvalue weighted by Gasteiger charge is 2.09. The lowest BCUT2D eigenvalue weighted by Gasteiger charge is -2.08. The van der Waals surface area contributed by atoms with Crippen LogP contribution >= 0.6 is 0 Å². The molecule has 0 saturated carbocycles. The number of aryl methyl sites for hydroxylation is 1. The molecule has 1 aromatic carbocycles. The third kappa shape index (κ3) is 2.07. The minimum atomic E-state index is -0.908. The van der Waals surface area contributed by atoms with Gasteiger partial charge in [-0.25, -0.2) is 9.78 Å². The predicted molar refractivity (Wildman–Crippen MR) is 75.9 cm³/mol. The second-order valence-corrected chi connectivity index (χ2v) is 4.65. The number of rotatable bonds is 4. The van der Waals surface area contributed by atoms with Gasteiger partial charge in [-0.2, -0.15) is 0 Å². The van der Waals surface area contributed by atoms with Gasteiger partial charge in [0.25, 0.3) is 0 Å². The van der Waals surface area contributed by atoms with Gasteiger partial charge in [-0.15, -0.1) is 0 Å². The van der Waals surface area contributed by atoms with Crippen molar-refractivity contribution in [2.24, 2.45) is 0 Å². The van der Waals surface area contributed by atoms with E-state index in [0.717, 1.165) is 23.3 Å². The maximum atomic E-state index is 11.1. The van der Waals surface area contributed by atoms with Gasteiger partial charge in [0.1, 0.15) is 5.82 Å². The topological polar surface area (TPSA) is 60.0 Å². The van der Waals surface area contributed by atoms with Crippen molar-refractivity contribution in [2.45, 2.75) is 20.0 Å². The summed E-state index contributed by atoms with van der Waals surface area (Å²) < 4.78 is 4.10. The third-order valence-electron chi connectivity index (χ3n) is 3.48. The van der Waals surface area contributed by atoms with Crippen molar-refractivity contribution in [2.75, 3.05) is 0 Å². The standard InChI is InChI=1S/C15H15N3O2/c1-2-17-8-6-16-14(17)10-18-7-5-11-3-4-12(15(19)20)9-13(11)18/h3-9H,2,10H2,1H3,(H,19,20). The maximum absolute atomic E-state index is 11.1. The van der Waals surface area contributed by atoms with Crippen molar-refractivity contribution in [1.29, 1.82) is 0 Å². The molecule has 0 spiro atoms. The summed E-state index contributed by atoms with van der Waals surface area (Å²) in [5.74, 6) is 0.0560. The summed E-state index contributed by atoms with van der Waals surface area (Å²) in [7, 11) is 0. The summed E-state index contributed by atoms with van der Waals surface area (Å²) in [6.07, 6.45) is 5.70. The zero-order valence-electron chi connectivity index (χ0n) is 11.2. The molecule has 0 atom stereocenters. The molecule has 0 fully saturated rings. The van der Waals surface area contributed by atoms with E-state index in [1.807, 2.05) is 29.1 Å². The van der Waals surface area contributed by atoms with E-state index in [9.17, 15) is 4.79 Å². The number of carboxylic acid groups (broad SMARTS) is 1. The highest BCUT2D eigenvalue weighted by atomic mass is 16.4. The van der Waals surface area contributed by atoms with Gasteiger partial charge in [0.05, 0.1) is 12.1 Å². The molecule has 3 aromatic rings. The number of hydrogen-bond donors (Lipinski definition) is 1. The quantitative estimate of drug-likeness (QED) is 0.792. The van der Waals surface area contributed by atoms with Crippen LogP contribution in [0.3, 0.4) is 0 Å². The molecule has 0 saturated heterocycles. The van der Waals surface area contributed by atoms with Gasteiger partial charge in [0.2, 0.25) is 0 Å². The van der Waals surface area contributed by atoms with E-state index in [2.05, 4.69) is 16.5 Å². The fourth-order valence-corrected chi connectivity index (χ4v) is 2.39. The molecule has 0 aliphatic rings. The number of carboxylic acids is 1. The Balaban J connectivity index is 2.03. The van der Waals surface area contributed by atoms with Crippen LogP contribution in [0.25, 0.3) is 10.9 Å². The normalized spacial score (nSPS) is 11.1. The first-order valence-corrected chi connectivity index (χ1v) is 6.51. The molecule has 3 rings (SSSR count). The molecule has 5 nitrogen and oxygen atoms in total. The molecule has 0 unspecified atom stereocenters. The van der Waals surface area contributed by atoms with Crippen molar-refractivity contribution in [3.05, 3.63) is 54.2 Å². The lowest BCUT2D eigenvalue weighted by molar-refractivity contribution is 0.0697. The van der Waals surface area contributed by atoms with Gasteiger partial charge in [0.15, 0.2) is 0 Å².